The third kappa shape index (κ3) is 51.9. The zero-order valence-electron chi connectivity index (χ0n) is 42.3. The van der Waals surface area contributed by atoms with Crippen LogP contribution in [0.1, 0.15) is 188 Å². The summed E-state index contributed by atoms with van der Waals surface area (Å²) in [5.74, 6) is -1.03. The number of hydrogen-bond donors (Lipinski definition) is 0. The lowest BCUT2D eigenvalue weighted by Gasteiger charge is -2.18. The summed E-state index contributed by atoms with van der Waals surface area (Å²) in [7, 11) is 0. The summed E-state index contributed by atoms with van der Waals surface area (Å²) in [6.07, 6.45) is 77.9. The maximum atomic E-state index is 12.8. The van der Waals surface area contributed by atoms with Crippen LogP contribution in [0, 0.1) is 0 Å². The molecule has 0 N–H and O–H groups in total. The second kappa shape index (κ2) is 53.6. The van der Waals surface area contributed by atoms with E-state index in [1.165, 1.54) is 44.9 Å². The van der Waals surface area contributed by atoms with E-state index in [0.29, 0.717) is 19.3 Å². The zero-order valence-corrected chi connectivity index (χ0v) is 42.3. The molecule has 6 nitrogen and oxygen atoms in total. The Morgan fingerprint density at radius 1 is 0.328 bits per heavy atom. The van der Waals surface area contributed by atoms with E-state index in [1.807, 2.05) is 109 Å². The Hall–Kier alpha value is -4.97. The van der Waals surface area contributed by atoms with E-state index in [1.54, 1.807) is 0 Å². The maximum absolute atomic E-state index is 12.8. The van der Waals surface area contributed by atoms with Gasteiger partial charge in [-0.15, -0.1) is 0 Å². The molecule has 0 fully saturated rings. The molecule has 0 amide bonds. The van der Waals surface area contributed by atoms with Crippen LogP contribution < -0.4 is 0 Å². The smallest absolute Gasteiger partial charge is 0.306 e. The van der Waals surface area contributed by atoms with E-state index in [4.69, 9.17) is 14.2 Å². The Morgan fingerprint density at radius 2 is 0.642 bits per heavy atom. The fourth-order valence-electron chi connectivity index (χ4n) is 6.41. The predicted molar refractivity (Wildman–Crippen MR) is 288 cm³/mol. The van der Waals surface area contributed by atoms with Crippen molar-refractivity contribution in [3.8, 4) is 0 Å². The van der Waals surface area contributed by atoms with Gasteiger partial charge in [0.25, 0.3) is 0 Å². The van der Waals surface area contributed by atoms with E-state index >= 15 is 0 Å². The molecule has 6 heteroatoms. The van der Waals surface area contributed by atoms with Crippen molar-refractivity contribution in [2.75, 3.05) is 13.2 Å². The van der Waals surface area contributed by atoms with Crippen molar-refractivity contribution in [3.63, 3.8) is 0 Å². The van der Waals surface area contributed by atoms with E-state index in [0.717, 1.165) is 96.3 Å². The molecule has 0 aliphatic heterocycles. The first-order valence-electron chi connectivity index (χ1n) is 26.1. The van der Waals surface area contributed by atoms with Gasteiger partial charge in [-0.25, -0.2) is 0 Å². The lowest BCUT2D eigenvalue weighted by atomic mass is 10.1. The number of carbonyl (C=O) groups is 3. The van der Waals surface area contributed by atoms with E-state index in [-0.39, 0.29) is 37.5 Å². The molecule has 0 rings (SSSR count). The van der Waals surface area contributed by atoms with E-state index < -0.39 is 6.10 Å². The number of hydrogen-bond acceptors (Lipinski definition) is 6. The Morgan fingerprint density at radius 3 is 1.04 bits per heavy atom. The van der Waals surface area contributed by atoms with Crippen LogP contribution in [0.25, 0.3) is 0 Å². The minimum atomic E-state index is -0.827. The second-order valence-electron chi connectivity index (χ2n) is 16.6. The average molecular weight is 921 g/mol. The lowest BCUT2D eigenvalue weighted by molar-refractivity contribution is -0.167. The van der Waals surface area contributed by atoms with Crippen LogP contribution in [0.3, 0.4) is 0 Å². The quantitative estimate of drug-likeness (QED) is 0.0199. The third-order valence-corrected chi connectivity index (χ3v) is 10.3. The van der Waals surface area contributed by atoms with Crippen molar-refractivity contribution in [3.05, 3.63) is 158 Å². The number of rotatable bonds is 44. The molecule has 0 saturated heterocycles. The van der Waals surface area contributed by atoms with E-state index in [2.05, 4.69) is 69.4 Å². The molecule has 0 aromatic carbocycles. The van der Waals surface area contributed by atoms with Gasteiger partial charge in [0.05, 0.1) is 0 Å². The van der Waals surface area contributed by atoms with Gasteiger partial charge < -0.3 is 14.2 Å². The van der Waals surface area contributed by atoms with Gasteiger partial charge in [0, 0.05) is 19.3 Å². The summed E-state index contributed by atoms with van der Waals surface area (Å²) in [6.45, 7) is 6.21. The van der Waals surface area contributed by atoms with Crippen LogP contribution in [0.4, 0.5) is 0 Å². The molecule has 1 unspecified atom stereocenters. The van der Waals surface area contributed by atoms with Crippen molar-refractivity contribution in [2.45, 2.75) is 194 Å². The largest absolute Gasteiger partial charge is 0.462 e. The molecule has 0 spiro atoms. The standard InChI is InChI=1S/C61H92O6/c1-4-7-10-13-16-19-22-25-28-30-33-36-39-42-45-48-51-54-60(63)66-57-58(56-65-59(62)53-50-47-44-41-38-35-32-27-24-21-18-15-12-9-6-3)67-61(64)55-52-49-46-43-40-37-34-31-29-26-23-20-17-14-11-8-5-2/h7,9-10,12-13,15-22,24-30,32-33,35-36,38-39,58H,4-6,8,11,14,23,31,34,37,40-57H2,1-3H3/b10-7-,12-9-,16-13-,18-15-,20-17-,22-19-,24-21-,28-25-,29-26-,32-27-,33-30+,38-35-,39-36-. The molecule has 67 heavy (non-hydrogen) atoms. The number of unbranched alkanes of at least 4 members (excludes halogenated alkanes) is 16. The average Bonchev–Trinajstić information content (AvgIpc) is 3.33. The molecular formula is C61H92O6. The zero-order chi connectivity index (χ0) is 48.6. The summed E-state index contributed by atoms with van der Waals surface area (Å²) in [5, 5.41) is 0. The summed E-state index contributed by atoms with van der Waals surface area (Å²) >= 11 is 0. The van der Waals surface area contributed by atoms with Crippen molar-refractivity contribution in [1.82, 2.24) is 0 Å². The number of esters is 3. The second-order valence-corrected chi connectivity index (χ2v) is 16.6. The molecule has 0 aliphatic carbocycles. The minimum Gasteiger partial charge on any atom is -0.462 e. The van der Waals surface area contributed by atoms with Crippen molar-refractivity contribution in [2.24, 2.45) is 0 Å². The van der Waals surface area contributed by atoms with Gasteiger partial charge in [0.15, 0.2) is 6.10 Å². The molecule has 372 valence electrons. The van der Waals surface area contributed by atoms with Crippen molar-refractivity contribution in [1.29, 1.82) is 0 Å². The SMILES string of the molecule is CC\C=C/C=C\C=C/C=C\C=C/CCCCCC(=O)OCC(COC(=O)CCCCC\C=C/C=C/C=C\C=C/C=C\C=C/CC)OC(=O)CCCCCCCCC/C=C\C/C=C\CCCCC. The minimum absolute atomic E-state index is 0.126. The normalized spacial score (nSPS) is 13.4. The molecule has 0 saturated carbocycles. The molecule has 0 bridgehead atoms. The fourth-order valence-corrected chi connectivity index (χ4v) is 6.41. The topological polar surface area (TPSA) is 78.9 Å². The highest BCUT2D eigenvalue weighted by atomic mass is 16.6. The van der Waals surface area contributed by atoms with Crippen LogP contribution in [-0.4, -0.2) is 37.2 Å². The highest BCUT2D eigenvalue weighted by Gasteiger charge is 2.19. The molecule has 0 heterocycles. The first-order valence-corrected chi connectivity index (χ1v) is 26.1. The molecule has 0 radical (unpaired) electrons. The fraction of sp³-hybridized carbons (Fsp3) is 0.525. The van der Waals surface area contributed by atoms with Gasteiger partial charge in [-0.05, 0) is 89.9 Å². The highest BCUT2D eigenvalue weighted by molar-refractivity contribution is 5.71. The monoisotopic (exact) mass is 921 g/mol. The number of allylic oxidation sites excluding steroid dienone is 26. The Bertz CT molecular complexity index is 1570. The van der Waals surface area contributed by atoms with Crippen LogP contribution in [0.15, 0.2) is 158 Å². The summed E-state index contributed by atoms with van der Waals surface area (Å²) in [6, 6.07) is 0. The summed E-state index contributed by atoms with van der Waals surface area (Å²) in [4.78, 5) is 38.0. The predicted octanol–water partition coefficient (Wildman–Crippen LogP) is 17.4. The van der Waals surface area contributed by atoms with Gasteiger partial charge in [-0.3, -0.25) is 14.4 Å². The molecule has 0 aromatic heterocycles. The van der Waals surface area contributed by atoms with Crippen LogP contribution in [0.2, 0.25) is 0 Å². The van der Waals surface area contributed by atoms with Crippen LogP contribution in [0.5, 0.6) is 0 Å². The Labute approximate surface area is 409 Å². The maximum Gasteiger partial charge on any atom is 0.306 e. The number of carbonyl (C=O) groups excluding carboxylic acids is 3. The Balaban J connectivity index is 4.61. The molecule has 0 aliphatic rings. The van der Waals surface area contributed by atoms with Gasteiger partial charge in [0.2, 0.25) is 0 Å². The summed E-state index contributed by atoms with van der Waals surface area (Å²) < 4.78 is 16.7. The summed E-state index contributed by atoms with van der Waals surface area (Å²) in [5.41, 5.74) is 0. The van der Waals surface area contributed by atoms with Crippen LogP contribution >= 0.6 is 0 Å². The molecular weight excluding hydrogens is 829 g/mol. The Kier molecular flexibility index (Phi) is 49.7. The third-order valence-electron chi connectivity index (χ3n) is 10.3. The van der Waals surface area contributed by atoms with E-state index in [9.17, 15) is 14.4 Å². The van der Waals surface area contributed by atoms with Crippen LogP contribution in [-0.2, 0) is 28.6 Å². The molecule has 0 aromatic rings. The van der Waals surface area contributed by atoms with Gasteiger partial charge in [0.1, 0.15) is 13.2 Å². The molecule has 1 atom stereocenters. The van der Waals surface area contributed by atoms with Gasteiger partial charge >= 0.3 is 17.9 Å². The van der Waals surface area contributed by atoms with Gasteiger partial charge in [-0.2, -0.15) is 0 Å². The lowest BCUT2D eigenvalue weighted by Crippen LogP contribution is -2.30. The number of ether oxygens (including phenoxy) is 3. The van der Waals surface area contributed by atoms with Crippen molar-refractivity contribution < 1.29 is 28.6 Å². The van der Waals surface area contributed by atoms with Crippen molar-refractivity contribution >= 4 is 17.9 Å². The highest BCUT2D eigenvalue weighted by Crippen LogP contribution is 2.13. The first-order chi connectivity index (χ1) is 33.0. The first kappa shape index (κ1) is 62.0. The van der Waals surface area contributed by atoms with Gasteiger partial charge in [-0.1, -0.05) is 237 Å².